The normalized spacial score (nSPS) is 11.7. The van der Waals surface area contributed by atoms with Gasteiger partial charge in [0.15, 0.2) is 0 Å². The lowest BCUT2D eigenvalue weighted by atomic mass is 10.1. The predicted molar refractivity (Wildman–Crippen MR) is 72.1 cm³/mol. The molecule has 0 aliphatic rings. The third-order valence-corrected chi connectivity index (χ3v) is 3.19. The molecule has 3 nitrogen and oxygen atoms in total. The van der Waals surface area contributed by atoms with Gasteiger partial charge in [-0.25, -0.2) is 4.39 Å². The summed E-state index contributed by atoms with van der Waals surface area (Å²) in [6.45, 7) is 4.39. The molecule has 0 aliphatic carbocycles. The maximum Gasteiger partial charge on any atom is 0.227 e. The van der Waals surface area contributed by atoms with Crippen molar-refractivity contribution in [2.75, 3.05) is 13.1 Å². The molecule has 0 fully saturated rings. The minimum atomic E-state index is -0.481. The van der Waals surface area contributed by atoms with Crippen LogP contribution in [0.2, 0.25) is 5.02 Å². The summed E-state index contributed by atoms with van der Waals surface area (Å²) in [7, 11) is 0. The van der Waals surface area contributed by atoms with Crippen molar-refractivity contribution in [3.8, 4) is 6.07 Å². The number of hydrogen-bond donors (Lipinski definition) is 0. The smallest absolute Gasteiger partial charge is 0.227 e. The topological polar surface area (TPSA) is 44.1 Å². The molecule has 0 radical (unpaired) electrons. The highest BCUT2D eigenvalue weighted by atomic mass is 35.5. The van der Waals surface area contributed by atoms with Crippen molar-refractivity contribution in [1.29, 1.82) is 5.26 Å². The molecule has 1 aromatic carbocycles. The summed E-state index contributed by atoms with van der Waals surface area (Å²) in [6.07, 6.45) is -0.0858. The number of likely N-dealkylation sites (N-methyl/N-ethyl adjacent to an activating group) is 1. The Morgan fingerprint density at radius 3 is 2.79 bits per heavy atom. The van der Waals surface area contributed by atoms with Gasteiger partial charge in [0.2, 0.25) is 5.91 Å². The van der Waals surface area contributed by atoms with E-state index in [9.17, 15) is 9.18 Å². The van der Waals surface area contributed by atoms with E-state index in [0.717, 1.165) is 0 Å². The van der Waals surface area contributed by atoms with Crippen molar-refractivity contribution in [1.82, 2.24) is 4.90 Å². The average molecular weight is 283 g/mol. The SMILES string of the molecule is CCN(C[C@H](C)C#N)C(=O)Cc1c(F)cccc1Cl. The number of amides is 1. The van der Waals surface area contributed by atoms with Crippen LogP contribution in [-0.4, -0.2) is 23.9 Å². The predicted octanol–water partition coefficient (Wildman–Crippen LogP) is 3.03. The Bertz CT molecular complexity index is 478. The Labute approximate surface area is 117 Å². The van der Waals surface area contributed by atoms with E-state index >= 15 is 0 Å². The Morgan fingerprint density at radius 2 is 2.26 bits per heavy atom. The third-order valence-electron chi connectivity index (χ3n) is 2.84. The molecule has 0 N–H and O–H groups in total. The first-order chi connectivity index (χ1) is 8.99. The Kier molecular flexibility index (Phi) is 5.78. The quantitative estimate of drug-likeness (QED) is 0.833. The van der Waals surface area contributed by atoms with Crippen LogP contribution in [0.25, 0.3) is 0 Å². The van der Waals surface area contributed by atoms with E-state index in [1.807, 2.05) is 6.92 Å². The molecule has 1 atom stereocenters. The van der Waals surface area contributed by atoms with Gasteiger partial charge in [0.05, 0.1) is 18.4 Å². The molecule has 5 heteroatoms. The van der Waals surface area contributed by atoms with Gasteiger partial charge in [0, 0.05) is 23.7 Å². The van der Waals surface area contributed by atoms with Crippen LogP contribution in [0.15, 0.2) is 18.2 Å². The highest BCUT2D eigenvalue weighted by molar-refractivity contribution is 6.31. The number of hydrogen-bond acceptors (Lipinski definition) is 2. The van der Waals surface area contributed by atoms with Crippen molar-refractivity contribution >= 4 is 17.5 Å². The third kappa shape index (κ3) is 4.22. The van der Waals surface area contributed by atoms with E-state index in [0.29, 0.717) is 13.1 Å². The van der Waals surface area contributed by atoms with Gasteiger partial charge in [-0.1, -0.05) is 17.7 Å². The molecule has 1 aromatic rings. The summed E-state index contributed by atoms with van der Waals surface area (Å²) >= 11 is 5.89. The van der Waals surface area contributed by atoms with Crippen molar-refractivity contribution in [2.45, 2.75) is 20.3 Å². The Balaban J connectivity index is 2.80. The number of carbonyl (C=O) groups excluding carboxylic acids is 1. The van der Waals surface area contributed by atoms with Crippen LogP contribution < -0.4 is 0 Å². The summed E-state index contributed by atoms with van der Waals surface area (Å²) in [6, 6.07) is 6.42. The zero-order chi connectivity index (χ0) is 14.4. The van der Waals surface area contributed by atoms with Gasteiger partial charge >= 0.3 is 0 Å². The van der Waals surface area contributed by atoms with Crippen LogP contribution in [0.5, 0.6) is 0 Å². The highest BCUT2D eigenvalue weighted by Crippen LogP contribution is 2.20. The summed E-state index contributed by atoms with van der Waals surface area (Å²) in [5.41, 5.74) is 0.206. The van der Waals surface area contributed by atoms with Crippen LogP contribution in [-0.2, 0) is 11.2 Å². The van der Waals surface area contributed by atoms with Crippen LogP contribution >= 0.6 is 11.6 Å². The maximum atomic E-state index is 13.6. The minimum Gasteiger partial charge on any atom is -0.341 e. The lowest BCUT2D eigenvalue weighted by Gasteiger charge is -2.22. The molecule has 19 heavy (non-hydrogen) atoms. The lowest BCUT2D eigenvalue weighted by Crippen LogP contribution is -2.35. The van der Waals surface area contributed by atoms with Crippen LogP contribution in [0.1, 0.15) is 19.4 Å². The molecule has 0 saturated carbocycles. The van der Waals surface area contributed by atoms with Gasteiger partial charge in [-0.2, -0.15) is 5.26 Å². The van der Waals surface area contributed by atoms with Gasteiger partial charge < -0.3 is 4.90 Å². The second-order valence-corrected chi connectivity index (χ2v) is 4.75. The van der Waals surface area contributed by atoms with Crippen LogP contribution in [0.4, 0.5) is 4.39 Å². The van der Waals surface area contributed by atoms with E-state index in [1.165, 1.54) is 17.0 Å². The number of rotatable bonds is 5. The van der Waals surface area contributed by atoms with Crippen LogP contribution in [0.3, 0.4) is 0 Å². The monoisotopic (exact) mass is 282 g/mol. The summed E-state index contributed by atoms with van der Waals surface area (Å²) in [4.78, 5) is 13.6. The van der Waals surface area contributed by atoms with E-state index in [-0.39, 0.29) is 28.8 Å². The standard InChI is InChI=1S/C14H16ClFN2O/c1-3-18(9-10(2)8-17)14(19)7-11-12(15)5-4-6-13(11)16/h4-6,10H,3,7,9H2,1-2H3/t10-/m1/s1. The van der Waals surface area contributed by atoms with E-state index in [4.69, 9.17) is 16.9 Å². The highest BCUT2D eigenvalue weighted by Gasteiger charge is 2.18. The fourth-order valence-electron chi connectivity index (χ4n) is 1.74. The lowest BCUT2D eigenvalue weighted by molar-refractivity contribution is -0.130. The van der Waals surface area contributed by atoms with Crippen molar-refractivity contribution < 1.29 is 9.18 Å². The molecule has 0 bridgehead atoms. The number of halogens is 2. The second kappa shape index (κ2) is 7.10. The Morgan fingerprint density at radius 1 is 1.58 bits per heavy atom. The maximum absolute atomic E-state index is 13.6. The van der Waals surface area contributed by atoms with Gasteiger partial charge in [0.25, 0.3) is 0 Å². The molecule has 0 heterocycles. The van der Waals surface area contributed by atoms with Crippen molar-refractivity contribution in [3.63, 3.8) is 0 Å². The molecule has 1 rings (SSSR count). The first kappa shape index (κ1) is 15.5. The molecule has 0 aromatic heterocycles. The minimum absolute atomic E-state index is 0.0858. The first-order valence-corrected chi connectivity index (χ1v) is 6.47. The number of carbonyl (C=O) groups is 1. The number of benzene rings is 1. The zero-order valence-electron chi connectivity index (χ0n) is 11.0. The van der Waals surface area contributed by atoms with Crippen molar-refractivity contribution in [2.24, 2.45) is 5.92 Å². The fraction of sp³-hybridized carbons (Fsp3) is 0.429. The molecule has 102 valence electrons. The second-order valence-electron chi connectivity index (χ2n) is 4.34. The molecule has 0 unspecified atom stereocenters. The van der Waals surface area contributed by atoms with E-state index < -0.39 is 5.82 Å². The van der Waals surface area contributed by atoms with Crippen molar-refractivity contribution in [3.05, 3.63) is 34.6 Å². The number of nitriles is 1. The van der Waals surface area contributed by atoms with Gasteiger partial charge in [-0.3, -0.25) is 4.79 Å². The summed E-state index contributed by atoms with van der Waals surface area (Å²) < 4.78 is 13.6. The molecular formula is C14H16ClFN2O. The molecular weight excluding hydrogens is 267 g/mol. The fourth-order valence-corrected chi connectivity index (χ4v) is 1.97. The molecule has 0 saturated heterocycles. The van der Waals surface area contributed by atoms with Crippen LogP contribution in [0, 0.1) is 23.1 Å². The van der Waals surface area contributed by atoms with Gasteiger partial charge in [-0.15, -0.1) is 0 Å². The molecule has 0 aliphatic heterocycles. The Hall–Kier alpha value is -1.60. The summed E-state index contributed by atoms with van der Waals surface area (Å²) in [5, 5.41) is 9.02. The van der Waals surface area contributed by atoms with E-state index in [1.54, 1.807) is 13.0 Å². The average Bonchev–Trinajstić information content (AvgIpc) is 2.39. The molecule has 1 amide bonds. The van der Waals surface area contributed by atoms with Gasteiger partial charge in [-0.05, 0) is 26.0 Å². The summed E-state index contributed by atoms with van der Waals surface area (Å²) in [5.74, 6) is -0.957. The zero-order valence-corrected chi connectivity index (χ0v) is 11.7. The number of nitrogens with zero attached hydrogens (tertiary/aromatic N) is 2. The van der Waals surface area contributed by atoms with Gasteiger partial charge in [0.1, 0.15) is 5.82 Å². The first-order valence-electron chi connectivity index (χ1n) is 6.09. The molecule has 0 spiro atoms. The largest absolute Gasteiger partial charge is 0.341 e. The van der Waals surface area contributed by atoms with E-state index in [2.05, 4.69) is 6.07 Å².